The molecule has 0 bridgehead atoms. The zero-order valence-electron chi connectivity index (χ0n) is 15.2. The van der Waals surface area contributed by atoms with Crippen LogP contribution < -0.4 is 5.73 Å². The Hall–Kier alpha value is -2.10. The number of unbranched alkanes of at least 4 members (excludes halogenated alkanes) is 1. The summed E-state index contributed by atoms with van der Waals surface area (Å²) < 4.78 is 27.0. The third-order valence-electron chi connectivity index (χ3n) is 4.44. The van der Waals surface area contributed by atoms with Crippen LogP contribution in [0.3, 0.4) is 0 Å². The van der Waals surface area contributed by atoms with Crippen LogP contribution in [0.1, 0.15) is 50.7 Å². The Bertz CT molecular complexity index is 636. The maximum Gasteiger partial charge on any atom is 0.297 e. The summed E-state index contributed by atoms with van der Waals surface area (Å²) >= 11 is 0. The Balaban J connectivity index is 1.85. The van der Waals surface area contributed by atoms with Crippen LogP contribution in [0, 0.1) is 0 Å². The average Bonchev–Trinajstić information content (AvgIpc) is 3.02. The van der Waals surface area contributed by atoms with E-state index in [1.165, 1.54) is 9.47 Å². The SMILES string of the molecule is CCCCC(=O)N(C)C[C@@H](N)CC(=O)N1CCn2c(nnc2C(F)F)C1. The van der Waals surface area contributed by atoms with E-state index >= 15 is 0 Å². The van der Waals surface area contributed by atoms with Gasteiger partial charge in [-0.2, -0.15) is 0 Å². The molecule has 26 heavy (non-hydrogen) atoms. The zero-order chi connectivity index (χ0) is 19.3. The first-order valence-electron chi connectivity index (χ1n) is 8.80. The van der Waals surface area contributed by atoms with Gasteiger partial charge in [-0.3, -0.25) is 9.59 Å². The topological polar surface area (TPSA) is 97.3 Å². The lowest BCUT2D eigenvalue weighted by molar-refractivity contribution is -0.134. The number of halogens is 2. The van der Waals surface area contributed by atoms with E-state index in [9.17, 15) is 18.4 Å². The van der Waals surface area contributed by atoms with Crippen LogP contribution in [0.4, 0.5) is 8.78 Å². The Morgan fingerprint density at radius 1 is 1.31 bits per heavy atom. The highest BCUT2D eigenvalue weighted by Gasteiger charge is 2.28. The van der Waals surface area contributed by atoms with E-state index < -0.39 is 12.5 Å². The van der Waals surface area contributed by atoms with E-state index in [0.29, 0.717) is 25.3 Å². The third kappa shape index (κ3) is 4.96. The summed E-state index contributed by atoms with van der Waals surface area (Å²) in [5, 5.41) is 7.24. The number of nitrogens with two attached hydrogens (primary N) is 1. The van der Waals surface area contributed by atoms with Crippen molar-refractivity contribution in [1.82, 2.24) is 24.6 Å². The molecule has 1 atom stereocenters. The lowest BCUT2D eigenvalue weighted by Crippen LogP contribution is -2.44. The largest absolute Gasteiger partial charge is 0.344 e. The normalized spacial score (nSPS) is 15.1. The molecule has 0 unspecified atom stereocenters. The van der Waals surface area contributed by atoms with Crippen LogP contribution in [-0.2, 0) is 22.7 Å². The molecule has 0 aromatic carbocycles. The number of amides is 2. The van der Waals surface area contributed by atoms with Gasteiger partial charge in [-0.1, -0.05) is 13.3 Å². The van der Waals surface area contributed by atoms with E-state index in [0.717, 1.165) is 12.8 Å². The molecule has 2 rings (SSSR count). The van der Waals surface area contributed by atoms with Crippen molar-refractivity contribution >= 4 is 11.8 Å². The maximum absolute atomic E-state index is 12.8. The monoisotopic (exact) mass is 372 g/mol. The van der Waals surface area contributed by atoms with Crippen LogP contribution in [0.15, 0.2) is 0 Å². The van der Waals surface area contributed by atoms with Crippen LogP contribution >= 0.6 is 0 Å². The molecule has 0 spiro atoms. The summed E-state index contributed by atoms with van der Waals surface area (Å²) in [5.74, 6) is -0.184. The minimum absolute atomic E-state index is 0.0142. The molecule has 2 N–H and O–H groups in total. The summed E-state index contributed by atoms with van der Waals surface area (Å²) in [6.45, 7) is 2.99. The first kappa shape index (κ1) is 20.2. The lowest BCUT2D eigenvalue weighted by Gasteiger charge is -2.29. The first-order chi connectivity index (χ1) is 12.3. The number of carbonyl (C=O) groups excluding carboxylic acids is 2. The van der Waals surface area contributed by atoms with Crippen molar-refractivity contribution in [1.29, 1.82) is 0 Å². The van der Waals surface area contributed by atoms with Crippen molar-refractivity contribution in [2.75, 3.05) is 20.1 Å². The molecule has 0 saturated heterocycles. The molecule has 1 aromatic rings. The first-order valence-corrected chi connectivity index (χ1v) is 8.80. The average molecular weight is 372 g/mol. The van der Waals surface area contributed by atoms with Gasteiger partial charge < -0.3 is 20.1 Å². The number of likely N-dealkylation sites (N-methyl/N-ethyl adjacent to an activating group) is 1. The van der Waals surface area contributed by atoms with E-state index in [-0.39, 0.29) is 37.1 Å². The molecule has 2 heterocycles. The number of rotatable bonds is 8. The van der Waals surface area contributed by atoms with Gasteiger partial charge in [0.25, 0.3) is 6.43 Å². The minimum atomic E-state index is -2.69. The van der Waals surface area contributed by atoms with Gasteiger partial charge >= 0.3 is 0 Å². The van der Waals surface area contributed by atoms with Crippen molar-refractivity contribution in [2.24, 2.45) is 5.73 Å². The van der Waals surface area contributed by atoms with E-state index in [1.54, 1.807) is 11.9 Å². The highest BCUT2D eigenvalue weighted by Crippen LogP contribution is 2.21. The Morgan fingerprint density at radius 2 is 2.04 bits per heavy atom. The fourth-order valence-electron chi connectivity index (χ4n) is 2.94. The molecule has 146 valence electrons. The summed E-state index contributed by atoms with van der Waals surface area (Å²) in [5.41, 5.74) is 6.01. The molecule has 1 aromatic heterocycles. The van der Waals surface area contributed by atoms with Gasteiger partial charge in [0.05, 0.1) is 6.54 Å². The smallest absolute Gasteiger partial charge is 0.297 e. The molecule has 1 aliphatic rings. The molecule has 0 radical (unpaired) electrons. The second-order valence-corrected chi connectivity index (χ2v) is 6.58. The van der Waals surface area contributed by atoms with Crippen molar-refractivity contribution in [3.05, 3.63) is 11.6 Å². The minimum Gasteiger partial charge on any atom is -0.344 e. The van der Waals surface area contributed by atoms with Crippen molar-refractivity contribution in [3.63, 3.8) is 0 Å². The number of hydrogen-bond acceptors (Lipinski definition) is 5. The van der Waals surface area contributed by atoms with E-state index in [2.05, 4.69) is 10.2 Å². The second-order valence-electron chi connectivity index (χ2n) is 6.58. The van der Waals surface area contributed by atoms with Crippen molar-refractivity contribution < 1.29 is 18.4 Å². The zero-order valence-corrected chi connectivity index (χ0v) is 15.2. The van der Waals surface area contributed by atoms with Gasteiger partial charge in [0.15, 0.2) is 11.6 Å². The molecular weight excluding hydrogens is 346 g/mol. The molecule has 2 amide bonds. The summed E-state index contributed by atoms with van der Waals surface area (Å²) in [7, 11) is 1.68. The van der Waals surface area contributed by atoms with Crippen LogP contribution in [-0.4, -0.2) is 62.6 Å². The predicted octanol–water partition coefficient (Wildman–Crippen LogP) is 0.924. The van der Waals surface area contributed by atoms with Crippen molar-refractivity contribution in [2.45, 2.75) is 58.2 Å². The standard InChI is InChI=1S/C16H26F2N6O2/c1-3-4-5-13(25)22(2)9-11(19)8-14(26)23-6-7-24-12(10-23)20-21-16(24)15(17)18/h11,15H,3-10,19H2,1-2H3/t11-/m0/s1. The summed E-state index contributed by atoms with van der Waals surface area (Å²) in [6, 6.07) is -0.477. The Kier molecular flexibility index (Phi) is 7.01. The second kappa shape index (κ2) is 9.02. The number of carbonyl (C=O) groups is 2. The van der Waals surface area contributed by atoms with Crippen LogP contribution in [0.2, 0.25) is 0 Å². The Morgan fingerprint density at radius 3 is 2.69 bits per heavy atom. The molecule has 0 fully saturated rings. The highest BCUT2D eigenvalue weighted by atomic mass is 19.3. The van der Waals surface area contributed by atoms with Crippen LogP contribution in [0.25, 0.3) is 0 Å². The Labute approximate surface area is 151 Å². The van der Waals surface area contributed by atoms with Gasteiger partial charge in [0.1, 0.15) is 0 Å². The molecule has 0 aliphatic carbocycles. The van der Waals surface area contributed by atoms with Gasteiger partial charge in [-0.15, -0.1) is 10.2 Å². The molecular formula is C16H26F2N6O2. The van der Waals surface area contributed by atoms with Gasteiger partial charge in [0, 0.05) is 45.6 Å². The third-order valence-corrected chi connectivity index (χ3v) is 4.44. The van der Waals surface area contributed by atoms with E-state index in [1.807, 2.05) is 6.92 Å². The van der Waals surface area contributed by atoms with Gasteiger partial charge in [-0.25, -0.2) is 8.78 Å². The van der Waals surface area contributed by atoms with Gasteiger partial charge in [0.2, 0.25) is 11.8 Å². The highest BCUT2D eigenvalue weighted by molar-refractivity contribution is 5.78. The van der Waals surface area contributed by atoms with E-state index in [4.69, 9.17) is 5.73 Å². The maximum atomic E-state index is 12.8. The molecule has 10 heteroatoms. The quantitative estimate of drug-likeness (QED) is 0.732. The summed E-state index contributed by atoms with van der Waals surface area (Å²) in [4.78, 5) is 27.4. The predicted molar refractivity (Wildman–Crippen MR) is 90.2 cm³/mol. The lowest BCUT2D eigenvalue weighted by atomic mass is 10.1. The number of aromatic nitrogens is 3. The fraction of sp³-hybridized carbons (Fsp3) is 0.750. The number of hydrogen-bond donors (Lipinski definition) is 1. The van der Waals surface area contributed by atoms with Gasteiger partial charge in [-0.05, 0) is 6.42 Å². The number of alkyl halides is 2. The number of fused-ring (bicyclic) bond motifs is 1. The number of nitrogens with zero attached hydrogens (tertiary/aromatic N) is 5. The van der Waals surface area contributed by atoms with Crippen molar-refractivity contribution in [3.8, 4) is 0 Å². The molecule has 1 aliphatic heterocycles. The fourth-order valence-corrected chi connectivity index (χ4v) is 2.94. The van der Waals surface area contributed by atoms with Crippen LogP contribution in [0.5, 0.6) is 0 Å². The molecule has 8 nitrogen and oxygen atoms in total. The molecule has 0 saturated carbocycles. The summed E-state index contributed by atoms with van der Waals surface area (Å²) in [6.07, 6.45) is -0.361.